The Balaban J connectivity index is 2.13. The maximum Gasteiger partial charge on any atom is 0.123 e. The second-order valence-corrected chi connectivity index (χ2v) is 5.58. The van der Waals surface area contributed by atoms with E-state index in [0.717, 1.165) is 21.1 Å². The van der Waals surface area contributed by atoms with Crippen molar-refractivity contribution in [1.29, 1.82) is 0 Å². The van der Waals surface area contributed by atoms with Gasteiger partial charge in [-0.1, -0.05) is 56.1 Å². The number of benzene rings is 2. The molecule has 0 saturated heterocycles. The molecule has 2 aromatic carbocycles. The molecular weight excluding hydrogens is 356 g/mol. The van der Waals surface area contributed by atoms with Crippen molar-refractivity contribution in [3.63, 3.8) is 0 Å². The lowest BCUT2D eigenvalue weighted by molar-refractivity contribution is 0.303. The van der Waals surface area contributed by atoms with Crippen molar-refractivity contribution in [1.82, 2.24) is 0 Å². The summed E-state index contributed by atoms with van der Waals surface area (Å²) in [7, 11) is 0. The minimum atomic E-state index is 0.605. The second-order valence-electron chi connectivity index (χ2n) is 4.10. The van der Waals surface area contributed by atoms with Gasteiger partial charge in [-0.05, 0) is 36.2 Å². The molecule has 0 atom stereocenters. The third kappa shape index (κ3) is 3.36. The van der Waals surface area contributed by atoms with Crippen molar-refractivity contribution in [3.8, 4) is 5.75 Å². The van der Waals surface area contributed by atoms with Gasteiger partial charge in [0.05, 0.1) is 0 Å². The molecule has 3 heteroatoms. The summed E-state index contributed by atoms with van der Waals surface area (Å²) in [6.07, 6.45) is 0. The topological polar surface area (TPSA) is 9.23 Å². The number of alkyl halides is 1. The zero-order chi connectivity index (χ0) is 13.0. The Labute approximate surface area is 124 Å². The average Bonchev–Trinajstić information content (AvgIpc) is 2.39. The van der Waals surface area contributed by atoms with Gasteiger partial charge in [0.2, 0.25) is 0 Å². The first-order valence-corrected chi connectivity index (χ1v) is 7.64. The lowest BCUT2D eigenvalue weighted by Crippen LogP contribution is -1.99. The van der Waals surface area contributed by atoms with Crippen molar-refractivity contribution < 1.29 is 4.74 Å². The molecule has 0 unspecified atom stereocenters. The van der Waals surface area contributed by atoms with Crippen molar-refractivity contribution in [2.75, 3.05) is 0 Å². The Morgan fingerprint density at radius 2 is 1.83 bits per heavy atom. The van der Waals surface area contributed by atoms with E-state index in [2.05, 4.69) is 57.0 Å². The number of hydrogen-bond donors (Lipinski definition) is 0. The van der Waals surface area contributed by atoms with Gasteiger partial charge in [0.25, 0.3) is 0 Å². The molecule has 0 aliphatic carbocycles. The van der Waals surface area contributed by atoms with Crippen LogP contribution in [0.4, 0.5) is 0 Å². The van der Waals surface area contributed by atoms with Crippen LogP contribution in [0.5, 0.6) is 5.75 Å². The standard InChI is InChI=1S/C15H14Br2O/c1-11-4-2-3-5-12(11)10-18-15-7-6-14(17)8-13(15)9-16/h2-8H,9-10H2,1H3. The molecule has 0 aromatic heterocycles. The van der Waals surface area contributed by atoms with Gasteiger partial charge >= 0.3 is 0 Å². The van der Waals surface area contributed by atoms with Crippen molar-refractivity contribution >= 4 is 31.9 Å². The van der Waals surface area contributed by atoms with E-state index in [0.29, 0.717) is 6.61 Å². The van der Waals surface area contributed by atoms with Crippen LogP contribution >= 0.6 is 31.9 Å². The van der Waals surface area contributed by atoms with Gasteiger partial charge in [-0.25, -0.2) is 0 Å². The minimum Gasteiger partial charge on any atom is -0.489 e. The van der Waals surface area contributed by atoms with Crippen LogP contribution in [0.2, 0.25) is 0 Å². The summed E-state index contributed by atoms with van der Waals surface area (Å²) in [6, 6.07) is 14.4. The van der Waals surface area contributed by atoms with Crippen molar-refractivity contribution in [2.24, 2.45) is 0 Å². The first-order valence-electron chi connectivity index (χ1n) is 5.72. The quantitative estimate of drug-likeness (QED) is 0.670. The van der Waals surface area contributed by atoms with E-state index in [4.69, 9.17) is 4.74 Å². The van der Waals surface area contributed by atoms with Crippen LogP contribution in [-0.2, 0) is 11.9 Å². The maximum absolute atomic E-state index is 5.90. The van der Waals surface area contributed by atoms with Gasteiger partial charge in [0.1, 0.15) is 12.4 Å². The minimum absolute atomic E-state index is 0.605. The van der Waals surface area contributed by atoms with Gasteiger partial charge < -0.3 is 4.74 Å². The summed E-state index contributed by atoms with van der Waals surface area (Å²) in [5.74, 6) is 0.929. The number of aryl methyl sites for hydroxylation is 1. The number of hydrogen-bond acceptors (Lipinski definition) is 1. The first kappa shape index (κ1) is 13.6. The first-order chi connectivity index (χ1) is 8.70. The molecule has 0 bridgehead atoms. The lowest BCUT2D eigenvalue weighted by Gasteiger charge is -2.12. The highest BCUT2D eigenvalue weighted by Crippen LogP contribution is 2.26. The van der Waals surface area contributed by atoms with E-state index in [1.807, 2.05) is 24.3 Å². The molecule has 1 nitrogen and oxygen atoms in total. The lowest BCUT2D eigenvalue weighted by atomic mass is 10.1. The number of rotatable bonds is 4. The average molecular weight is 370 g/mol. The predicted octanol–water partition coefficient (Wildman–Crippen LogP) is 5.23. The molecule has 0 heterocycles. The summed E-state index contributed by atoms with van der Waals surface area (Å²) >= 11 is 6.95. The third-order valence-electron chi connectivity index (χ3n) is 2.81. The predicted molar refractivity (Wildman–Crippen MR) is 82.3 cm³/mol. The highest BCUT2D eigenvalue weighted by molar-refractivity contribution is 9.10. The monoisotopic (exact) mass is 368 g/mol. The molecule has 0 fully saturated rings. The number of ether oxygens (including phenoxy) is 1. The van der Waals surface area contributed by atoms with E-state index in [1.165, 1.54) is 11.1 Å². The van der Waals surface area contributed by atoms with Gasteiger partial charge in [0, 0.05) is 15.4 Å². The Morgan fingerprint density at radius 3 is 2.56 bits per heavy atom. The van der Waals surface area contributed by atoms with E-state index in [-0.39, 0.29) is 0 Å². The van der Waals surface area contributed by atoms with Gasteiger partial charge in [-0.15, -0.1) is 0 Å². The Kier molecular flexibility index (Phi) is 4.84. The summed E-state index contributed by atoms with van der Waals surface area (Å²) in [4.78, 5) is 0. The summed E-state index contributed by atoms with van der Waals surface area (Å²) in [6.45, 7) is 2.71. The molecule has 2 rings (SSSR count). The molecule has 2 aromatic rings. The maximum atomic E-state index is 5.90. The highest BCUT2D eigenvalue weighted by Gasteiger charge is 2.04. The summed E-state index contributed by atoms with van der Waals surface area (Å²) < 4.78 is 6.97. The second kappa shape index (κ2) is 6.39. The van der Waals surface area contributed by atoms with Crippen LogP contribution in [0, 0.1) is 6.92 Å². The fourth-order valence-corrected chi connectivity index (χ4v) is 2.57. The summed E-state index contributed by atoms with van der Waals surface area (Å²) in [5, 5.41) is 0.787. The zero-order valence-electron chi connectivity index (χ0n) is 10.1. The number of halogens is 2. The Bertz CT molecular complexity index is 538. The molecule has 0 saturated carbocycles. The molecular formula is C15H14Br2O. The highest BCUT2D eigenvalue weighted by atomic mass is 79.9. The Morgan fingerprint density at radius 1 is 1.06 bits per heavy atom. The zero-order valence-corrected chi connectivity index (χ0v) is 13.3. The molecule has 0 aliphatic heterocycles. The normalized spacial score (nSPS) is 10.4. The van der Waals surface area contributed by atoms with Crippen molar-refractivity contribution in [2.45, 2.75) is 18.9 Å². The molecule has 0 N–H and O–H groups in total. The van der Waals surface area contributed by atoms with Gasteiger partial charge in [-0.2, -0.15) is 0 Å². The van der Waals surface area contributed by atoms with E-state index in [9.17, 15) is 0 Å². The summed E-state index contributed by atoms with van der Waals surface area (Å²) in [5.41, 5.74) is 3.63. The molecule has 0 aliphatic rings. The van der Waals surface area contributed by atoms with E-state index >= 15 is 0 Å². The van der Waals surface area contributed by atoms with Crippen LogP contribution in [-0.4, -0.2) is 0 Å². The molecule has 0 amide bonds. The molecule has 18 heavy (non-hydrogen) atoms. The van der Waals surface area contributed by atoms with Gasteiger partial charge in [0.15, 0.2) is 0 Å². The van der Waals surface area contributed by atoms with Crippen molar-refractivity contribution in [3.05, 3.63) is 63.6 Å². The van der Waals surface area contributed by atoms with Gasteiger partial charge in [-0.3, -0.25) is 0 Å². The molecule has 0 spiro atoms. The van der Waals surface area contributed by atoms with Crippen LogP contribution in [0.1, 0.15) is 16.7 Å². The largest absolute Gasteiger partial charge is 0.489 e. The SMILES string of the molecule is Cc1ccccc1COc1ccc(Br)cc1CBr. The van der Waals surface area contributed by atoms with Crippen LogP contribution in [0.3, 0.4) is 0 Å². The van der Waals surface area contributed by atoms with Crippen LogP contribution in [0.15, 0.2) is 46.9 Å². The Hall–Kier alpha value is -0.800. The third-order valence-corrected chi connectivity index (χ3v) is 3.91. The fraction of sp³-hybridized carbons (Fsp3) is 0.200. The van der Waals surface area contributed by atoms with E-state index in [1.54, 1.807) is 0 Å². The fourth-order valence-electron chi connectivity index (χ4n) is 1.72. The van der Waals surface area contributed by atoms with Crippen LogP contribution < -0.4 is 4.74 Å². The molecule has 0 radical (unpaired) electrons. The van der Waals surface area contributed by atoms with E-state index < -0.39 is 0 Å². The smallest absolute Gasteiger partial charge is 0.123 e. The molecule has 94 valence electrons. The van der Waals surface area contributed by atoms with Crippen LogP contribution in [0.25, 0.3) is 0 Å².